The molecule has 0 aromatic heterocycles. The van der Waals surface area contributed by atoms with Crippen LogP contribution in [0.3, 0.4) is 0 Å². The Morgan fingerprint density at radius 2 is 1.41 bits per heavy atom. The van der Waals surface area contributed by atoms with Crippen LogP contribution >= 0.6 is 0 Å². The van der Waals surface area contributed by atoms with Gasteiger partial charge in [-0.1, -0.05) is 62.4 Å². The second-order valence-electron chi connectivity index (χ2n) is 6.88. The summed E-state index contributed by atoms with van der Waals surface area (Å²) in [4.78, 5) is 15.2. The number of fused-ring (bicyclic) bond motifs is 1. The number of carbonyl (C=O) groups is 1. The molecule has 0 bridgehead atoms. The molecule has 3 heteroatoms. The number of para-hydroxylation sites is 1. The quantitative estimate of drug-likeness (QED) is 0.661. The van der Waals surface area contributed by atoms with Crippen molar-refractivity contribution in [3.63, 3.8) is 0 Å². The number of anilines is 2. The number of hydrogen-bond donors (Lipinski definition) is 1. The van der Waals surface area contributed by atoms with Crippen LogP contribution in [0.2, 0.25) is 0 Å². The second-order valence-corrected chi connectivity index (χ2v) is 6.88. The molecule has 1 N–H and O–H groups in total. The standard InChI is InChI=1S/C24H24N2O/c1-3-17-9-13-19(14-10-17)23-25-22-8-6-5-7-21(22)24(27)26(23)20-15-11-18(4-2)12-16-20/h5-16,23,25H,3-4H2,1-2H3/t23-/m1/s1. The number of nitrogens with zero attached hydrogens (tertiary/aromatic N) is 1. The fraction of sp³-hybridized carbons (Fsp3) is 0.208. The molecule has 1 aliphatic rings. The van der Waals surface area contributed by atoms with Gasteiger partial charge in [0.25, 0.3) is 5.91 Å². The van der Waals surface area contributed by atoms with Crippen molar-refractivity contribution >= 4 is 17.3 Å². The van der Waals surface area contributed by atoms with Gasteiger partial charge in [-0.05, 0) is 53.8 Å². The highest BCUT2D eigenvalue weighted by molar-refractivity contribution is 6.12. The van der Waals surface area contributed by atoms with Gasteiger partial charge in [0.2, 0.25) is 0 Å². The predicted octanol–water partition coefficient (Wildman–Crippen LogP) is 5.58. The van der Waals surface area contributed by atoms with Crippen molar-refractivity contribution in [3.05, 3.63) is 95.1 Å². The monoisotopic (exact) mass is 356 g/mol. The van der Waals surface area contributed by atoms with E-state index in [1.54, 1.807) is 0 Å². The highest BCUT2D eigenvalue weighted by atomic mass is 16.2. The Kier molecular flexibility index (Phi) is 4.68. The molecule has 0 radical (unpaired) electrons. The molecule has 0 unspecified atom stereocenters. The zero-order chi connectivity index (χ0) is 18.8. The van der Waals surface area contributed by atoms with Gasteiger partial charge in [0.1, 0.15) is 6.17 Å². The van der Waals surface area contributed by atoms with Crippen molar-refractivity contribution in [2.45, 2.75) is 32.9 Å². The van der Waals surface area contributed by atoms with Crippen LogP contribution in [0, 0.1) is 0 Å². The first-order chi connectivity index (χ1) is 13.2. The number of amides is 1. The maximum Gasteiger partial charge on any atom is 0.262 e. The van der Waals surface area contributed by atoms with Crippen molar-refractivity contribution in [3.8, 4) is 0 Å². The first-order valence-electron chi connectivity index (χ1n) is 9.58. The van der Waals surface area contributed by atoms with E-state index in [0.717, 1.165) is 29.8 Å². The number of nitrogens with one attached hydrogen (secondary N) is 1. The molecule has 4 rings (SSSR count). The minimum absolute atomic E-state index is 0.0261. The second kappa shape index (κ2) is 7.28. The van der Waals surface area contributed by atoms with E-state index in [1.807, 2.05) is 41.3 Å². The average molecular weight is 356 g/mol. The molecule has 3 nitrogen and oxygen atoms in total. The molecule has 1 aliphatic heterocycles. The van der Waals surface area contributed by atoms with E-state index in [2.05, 4.69) is 55.6 Å². The smallest absolute Gasteiger partial charge is 0.262 e. The summed E-state index contributed by atoms with van der Waals surface area (Å²) >= 11 is 0. The number of hydrogen-bond acceptors (Lipinski definition) is 2. The Labute approximate surface area is 160 Å². The van der Waals surface area contributed by atoms with Crippen LogP contribution in [-0.4, -0.2) is 5.91 Å². The molecule has 0 saturated carbocycles. The van der Waals surface area contributed by atoms with Crippen LogP contribution in [0.1, 0.15) is 47.1 Å². The summed E-state index contributed by atoms with van der Waals surface area (Å²) in [6.07, 6.45) is 1.75. The molecule has 0 spiro atoms. The molecule has 136 valence electrons. The number of rotatable bonds is 4. The number of benzene rings is 3. The van der Waals surface area contributed by atoms with E-state index >= 15 is 0 Å². The van der Waals surface area contributed by atoms with Gasteiger partial charge in [-0.15, -0.1) is 0 Å². The molecule has 0 aliphatic carbocycles. The van der Waals surface area contributed by atoms with Gasteiger partial charge < -0.3 is 5.32 Å². The zero-order valence-corrected chi connectivity index (χ0v) is 15.8. The van der Waals surface area contributed by atoms with Crippen molar-refractivity contribution in [2.75, 3.05) is 10.2 Å². The maximum atomic E-state index is 13.4. The van der Waals surface area contributed by atoms with E-state index in [4.69, 9.17) is 0 Å². The molecule has 3 aromatic rings. The topological polar surface area (TPSA) is 32.3 Å². The number of aryl methyl sites for hydroxylation is 2. The summed E-state index contributed by atoms with van der Waals surface area (Å²) in [6, 6.07) is 24.5. The Balaban J connectivity index is 1.80. The van der Waals surface area contributed by atoms with Gasteiger partial charge >= 0.3 is 0 Å². The summed E-state index contributed by atoms with van der Waals surface area (Å²) < 4.78 is 0. The van der Waals surface area contributed by atoms with Crippen molar-refractivity contribution < 1.29 is 4.79 Å². The Morgan fingerprint density at radius 1 is 0.815 bits per heavy atom. The lowest BCUT2D eigenvalue weighted by atomic mass is 10.0. The fourth-order valence-corrected chi connectivity index (χ4v) is 3.58. The third-order valence-corrected chi connectivity index (χ3v) is 5.25. The van der Waals surface area contributed by atoms with Crippen molar-refractivity contribution in [1.82, 2.24) is 0 Å². The Bertz CT molecular complexity index is 945. The zero-order valence-electron chi connectivity index (χ0n) is 15.8. The summed E-state index contributed by atoms with van der Waals surface area (Å²) in [6.45, 7) is 4.28. The molecular formula is C24H24N2O. The minimum Gasteiger partial charge on any atom is -0.360 e. The summed E-state index contributed by atoms with van der Waals surface area (Å²) in [5.74, 6) is 0.0261. The van der Waals surface area contributed by atoms with E-state index in [1.165, 1.54) is 11.1 Å². The Hall–Kier alpha value is -3.07. The SMILES string of the molecule is CCc1ccc([C@@H]2Nc3ccccc3C(=O)N2c2ccc(CC)cc2)cc1. The lowest BCUT2D eigenvalue weighted by molar-refractivity contribution is 0.0975. The van der Waals surface area contributed by atoms with E-state index in [9.17, 15) is 4.79 Å². The van der Waals surface area contributed by atoms with Gasteiger partial charge in [0, 0.05) is 11.4 Å². The van der Waals surface area contributed by atoms with Gasteiger partial charge in [-0.25, -0.2) is 0 Å². The molecule has 27 heavy (non-hydrogen) atoms. The third-order valence-electron chi connectivity index (χ3n) is 5.25. The first-order valence-corrected chi connectivity index (χ1v) is 9.58. The molecule has 3 aromatic carbocycles. The highest BCUT2D eigenvalue weighted by Crippen LogP contribution is 2.36. The summed E-state index contributed by atoms with van der Waals surface area (Å²) in [5.41, 5.74) is 6.13. The average Bonchev–Trinajstić information content (AvgIpc) is 2.74. The van der Waals surface area contributed by atoms with Crippen LogP contribution < -0.4 is 10.2 Å². The van der Waals surface area contributed by atoms with Gasteiger partial charge in [-0.3, -0.25) is 9.69 Å². The summed E-state index contributed by atoms with van der Waals surface area (Å²) in [5, 5.41) is 3.56. The number of carbonyl (C=O) groups excluding carboxylic acids is 1. The third kappa shape index (κ3) is 3.21. The Morgan fingerprint density at radius 3 is 2.04 bits per heavy atom. The van der Waals surface area contributed by atoms with Crippen LogP contribution in [-0.2, 0) is 12.8 Å². The van der Waals surface area contributed by atoms with E-state index in [-0.39, 0.29) is 12.1 Å². The van der Waals surface area contributed by atoms with E-state index < -0.39 is 0 Å². The van der Waals surface area contributed by atoms with Crippen LogP contribution in [0.4, 0.5) is 11.4 Å². The van der Waals surface area contributed by atoms with Gasteiger partial charge in [0.15, 0.2) is 0 Å². The van der Waals surface area contributed by atoms with Gasteiger partial charge in [0.05, 0.1) is 5.56 Å². The predicted molar refractivity (Wildman–Crippen MR) is 111 cm³/mol. The van der Waals surface area contributed by atoms with Crippen molar-refractivity contribution in [1.29, 1.82) is 0 Å². The largest absolute Gasteiger partial charge is 0.360 e. The molecule has 1 amide bonds. The van der Waals surface area contributed by atoms with Crippen LogP contribution in [0.5, 0.6) is 0 Å². The molecule has 0 fully saturated rings. The lowest BCUT2D eigenvalue weighted by Crippen LogP contribution is -2.43. The lowest BCUT2D eigenvalue weighted by Gasteiger charge is -2.38. The summed E-state index contributed by atoms with van der Waals surface area (Å²) in [7, 11) is 0. The van der Waals surface area contributed by atoms with E-state index in [0.29, 0.717) is 5.56 Å². The molecule has 1 atom stereocenters. The van der Waals surface area contributed by atoms with Crippen molar-refractivity contribution in [2.24, 2.45) is 0 Å². The normalized spacial score (nSPS) is 16.0. The van der Waals surface area contributed by atoms with Crippen LogP contribution in [0.25, 0.3) is 0 Å². The maximum absolute atomic E-state index is 13.4. The van der Waals surface area contributed by atoms with Crippen LogP contribution in [0.15, 0.2) is 72.8 Å². The molecular weight excluding hydrogens is 332 g/mol. The van der Waals surface area contributed by atoms with Gasteiger partial charge in [-0.2, -0.15) is 0 Å². The fourth-order valence-electron chi connectivity index (χ4n) is 3.58. The molecule has 1 heterocycles. The first kappa shape index (κ1) is 17.3. The molecule has 0 saturated heterocycles. The minimum atomic E-state index is -0.231. The highest BCUT2D eigenvalue weighted by Gasteiger charge is 2.33.